The Hall–Kier alpha value is -2.61. The van der Waals surface area contributed by atoms with Crippen molar-refractivity contribution in [3.63, 3.8) is 0 Å². The molecule has 4 heteroatoms. The van der Waals surface area contributed by atoms with E-state index in [1.807, 2.05) is 12.1 Å². The molecule has 0 saturated carbocycles. The summed E-state index contributed by atoms with van der Waals surface area (Å²) in [6, 6.07) is 29.6. The molecule has 0 spiro atoms. The first kappa shape index (κ1) is 18.7. The molecule has 0 aliphatic heterocycles. The monoisotopic (exact) mass is 389 g/mol. The van der Waals surface area contributed by atoms with E-state index in [9.17, 15) is 0 Å². The van der Waals surface area contributed by atoms with Crippen molar-refractivity contribution in [1.82, 2.24) is 4.67 Å². The van der Waals surface area contributed by atoms with Gasteiger partial charge in [0.15, 0.2) is 0 Å². The fraction of sp³-hybridized carbons (Fsp3) is 0.167. The van der Waals surface area contributed by atoms with Gasteiger partial charge in [-0.25, -0.2) is 0 Å². The molecule has 0 amide bonds. The van der Waals surface area contributed by atoms with Gasteiger partial charge < -0.3 is 8.83 Å². The minimum atomic E-state index is -0.966. The Kier molecular flexibility index (Phi) is 5.76. The lowest BCUT2D eigenvalue weighted by molar-refractivity contribution is 0.300. The molecule has 142 valence electrons. The van der Waals surface area contributed by atoms with Crippen LogP contribution in [-0.2, 0) is 0 Å². The predicted octanol–water partition coefficient (Wildman–Crippen LogP) is 6.04. The maximum absolute atomic E-state index is 5.90. The lowest BCUT2D eigenvalue weighted by atomic mass is 10.0. The third-order valence-corrected chi connectivity index (χ3v) is 7.52. The summed E-state index contributed by atoms with van der Waals surface area (Å²) >= 11 is 0. The van der Waals surface area contributed by atoms with Crippen LogP contribution in [0.15, 0.2) is 106 Å². The second-order valence-corrected chi connectivity index (χ2v) is 8.73. The van der Waals surface area contributed by atoms with Gasteiger partial charge in [0, 0.05) is 12.1 Å². The number of hydrogen-bond donors (Lipinski definition) is 0. The van der Waals surface area contributed by atoms with E-state index in [1.54, 1.807) is 12.5 Å². The summed E-state index contributed by atoms with van der Waals surface area (Å²) in [5.74, 6) is 0. The number of benzene rings is 2. The lowest BCUT2D eigenvalue weighted by Gasteiger charge is -2.39. The molecule has 3 nitrogen and oxygen atoms in total. The Balaban J connectivity index is 1.83. The van der Waals surface area contributed by atoms with Gasteiger partial charge in [-0.05, 0) is 49.2 Å². The molecular weight excluding hydrogens is 365 g/mol. The topological polar surface area (TPSA) is 29.5 Å². The molecule has 28 heavy (non-hydrogen) atoms. The standard InChI is InChI=1S/C24H24NO2P/c1-19(21-11-5-3-6-12-21)25(20(2)22-13-7-4-8-14-22)28(23-15-9-17-26-23)24-16-10-18-27-24/h3-20H,1-2H3/t19-,20-/m0/s1. The van der Waals surface area contributed by atoms with E-state index in [4.69, 9.17) is 8.83 Å². The van der Waals surface area contributed by atoms with Gasteiger partial charge in [-0.2, -0.15) is 0 Å². The number of hydrogen-bond acceptors (Lipinski definition) is 3. The second-order valence-electron chi connectivity index (χ2n) is 6.77. The van der Waals surface area contributed by atoms with Crippen LogP contribution in [0.4, 0.5) is 0 Å². The predicted molar refractivity (Wildman–Crippen MR) is 115 cm³/mol. The minimum Gasteiger partial charge on any atom is -0.463 e. The zero-order valence-corrected chi connectivity index (χ0v) is 17.0. The molecule has 0 fully saturated rings. The third-order valence-electron chi connectivity index (χ3n) is 5.02. The van der Waals surface area contributed by atoms with Gasteiger partial charge in [-0.15, -0.1) is 0 Å². The quantitative estimate of drug-likeness (QED) is 0.361. The average Bonchev–Trinajstić information content (AvgIpc) is 3.47. The Morgan fingerprint density at radius 1 is 0.607 bits per heavy atom. The van der Waals surface area contributed by atoms with E-state index >= 15 is 0 Å². The first-order valence-corrected chi connectivity index (χ1v) is 10.8. The molecule has 2 aromatic heterocycles. The molecule has 4 aromatic rings. The molecule has 0 N–H and O–H groups in total. The summed E-state index contributed by atoms with van der Waals surface area (Å²) in [4.78, 5) is 0. The van der Waals surface area contributed by atoms with Crippen LogP contribution in [0, 0.1) is 0 Å². The van der Waals surface area contributed by atoms with Crippen molar-refractivity contribution in [2.24, 2.45) is 0 Å². The fourth-order valence-corrected chi connectivity index (χ4v) is 5.98. The molecule has 2 atom stereocenters. The largest absolute Gasteiger partial charge is 0.463 e. The number of furan rings is 2. The minimum absolute atomic E-state index is 0.178. The first-order valence-electron chi connectivity index (χ1n) is 9.51. The molecule has 2 aromatic carbocycles. The van der Waals surface area contributed by atoms with E-state index < -0.39 is 8.07 Å². The Bertz CT molecular complexity index is 873. The van der Waals surface area contributed by atoms with Crippen molar-refractivity contribution >= 4 is 19.1 Å². The molecule has 0 aliphatic carbocycles. The molecular formula is C24H24NO2P. The molecule has 2 heterocycles. The lowest BCUT2D eigenvalue weighted by Crippen LogP contribution is -2.32. The first-order chi connectivity index (χ1) is 13.8. The SMILES string of the molecule is C[C@@H](c1ccccc1)N([C@@H](C)c1ccccc1)P(c1ccco1)c1ccco1. The van der Waals surface area contributed by atoms with E-state index in [0.717, 1.165) is 11.0 Å². The van der Waals surface area contributed by atoms with E-state index in [-0.39, 0.29) is 12.1 Å². The van der Waals surface area contributed by atoms with Crippen molar-refractivity contribution in [3.8, 4) is 0 Å². The summed E-state index contributed by atoms with van der Waals surface area (Å²) < 4.78 is 14.3. The Labute approximate surface area is 167 Å². The number of nitrogens with zero attached hydrogens (tertiary/aromatic N) is 1. The van der Waals surface area contributed by atoms with Crippen molar-refractivity contribution in [3.05, 3.63) is 109 Å². The normalized spacial score (nSPS) is 13.7. The number of rotatable bonds is 7. The highest BCUT2D eigenvalue weighted by Gasteiger charge is 2.35. The van der Waals surface area contributed by atoms with E-state index in [2.05, 4.69) is 91.3 Å². The third kappa shape index (κ3) is 3.82. The van der Waals surface area contributed by atoms with Gasteiger partial charge in [0.1, 0.15) is 19.1 Å². The second kappa shape index (κ2) is 8.60. The fourth-order valence-electron chi connectivity index (χ4n) is 3.57. The maximum Gasteiger partial charge on any atom is 0.148 e. The highest BCUT2D eigenvalue weighted by molar-refractivity contribution is 7.70. The van der Waals surface area contributed by atoms with E-state index in [0.29, 0.717) is 0 Å². The van der Waals surface area contributed by atoms with Gasteiger partial charge in [-0.1, -0.05) is 60.7 Å². The van der Waals surface area contributed by atoms with Crippen LogP contribution in [0.5, 0.6) is 0 Å². The zero-order valence-electron chi connectivity index (χ0n) is 16.1. The maximum atomic E-state index is 5.90. The highest BCUT2D eigenvalue weighted by Crippen LogP contribution is 2.50. The van der Waals surface area contributed by atoms with Gasteiger partial charge in [0.2, 0.25) is 0 Å². The summed E-state index contributed by atoms with van der Waals surface area (Å²) in [5.41, 5.74) is 4.43. The Morgan fingerprint density at radius 3 is 1.39 bits per heavy atom. The zero-order chi connectivity index (χ0) is 19.3. The summed E-state index contributed by atoms with van der Waals surface area (Å²) in [5, 5.41) is 0. The van der Waals surface area contributed by atoms with Crippen LogP contribution >= 0.6 is 8.07 Å². The highest BCUT2D eigenvalue weighted by atomic mass is 31.1. The molecule has 0 bridgehead atoms. The van der Waals surface area contributed by atoms with Crippen LogP contribution in [0.25, 0.3) is 0 Å². The van der Waals surface area contributed by atoms with Crippen molar-refractivity contribution in [2.45, 2.75) is 25.9 Å². The molecule has 0 radical (unpaired) electrons. The van der Waals surface area contributed by atoms with E-state index in [1.165, 1.54) is 11.1 Å². The summed E-state index contributed by atoms with van der Waals surface area (Å²) in [7, 11) is -0.966. The van der Waals surface area contributed by atoms with Crippen LogP contribution in [0.3, 0.4) is 0 Å². The molecule has 0 aliphatic rings. The van der Waals surface area contributed by atoms with Crippen molar-refractivity contribution in [2.75, 3.05) is 0 Å². The molecule has 4 rings (SSSR count). The van der Waals surface area contributed by atoms with Gasteiger partial charge in [0.05, 0.1) is 12.5 Å². The summed E-state index contributed by atoms with van der Waals surface area (Å²) in [6.45, 7) is 4.52. The summed E-state index contributed by atoms with van der Waals surface area (Å²) in [6.07, 6.45) is 3.48. The van der Waals surface area contributed by atoms with Crippen LogP contribution in [0.2, 0.25) is 0 Å². The van der Waals surface area contributed by atoms with Crippen molar-refractivity contribution in [1.29, 1.82) is 0 Å². The van der Waals surface area contributed by atoms with Crippen LogP contribution in [-0.4, -0.2) is 4.67 Å². The van der Waals surface area contributed by atoms with Gasteiger partial charge >= 0.3 is 0 Å². The van der Waals surface area contributed by atoms with Crippen LogP contribution < -0.4 is 11.0 Å². The molecule has 0 unspecified atom stereocenters. The van der Waals surface area contributed by atoms with Gasteiger partial charge in [0.25, 0.3) is 0 Å². The van der Waals surface area contributed by atoms with Gasteiger partial charge in [-0.3, -0.25) is 4.67 Å². The Morgan fingerprint density at radius 2 is 1.04 bits per heavy atom. The average molecular weight is 389 g/mol. The smallest absolute Gasteiger partial charge is 0.148 e. The molecule has 0 saturated heterocycles. The van der Waals surface area contributed by atoms with Crippen LogP contribution in [0.1, 0.15) is 37.1 Å². The van der Waals surface area contributed by atoms with Crippen molar-refractivity contribution < 1.29 is 8.83 Å².